The van der Waals surface area contributed by atoms with Crippen molar-refractivity contribution in [1.82, 2.24) is 4.90 Å². The van der Waals surface area contributed by atoms with Gasteiger partial charge in [0.25, 0.3) is 0 Å². The van der Waals surface area contributed by atoms with E-state index in [1.165, 1.54) is 61.2 Å². The van der Waals surface area contributed by atoms with Crippen molar-refractivity contribution in [3.63, 3.8) is 0 Å². The Labute approximate surface area is 132 Å². The minimum Gasteiger partial charge on any atom is -0.370 e. The molecule has 0 aliphatic carbocycles. The zero-order valence-electron chi connectivity index (χ0n) is 11.1. The lowest BCUT2D eigenvalue weighted by Crippen LogP contribution is -2.36. The molecule has 3 rings (SSSR count). The van der Waals surface area contributed by atoms with E-state index >= 15 is 0 Å². The molecule has 104 valence electrons. The predicted octanol–water partition coefficient (Wildman–Crippen LogP) is 4.02. The summed E-state index contributed by atoms with van der Waals surface area (Å²) in [6.45, 7) is 4.96. The molecule has 2 aliphatic rings. The molecule has 1 aromatic rings. The van der Waals surface area contributed by atoms with Crippen LogP contribution in [0.2, 0.25) is 0 Å². The van der Waals surface area contributed by atoms with E-state index in [0.717, 1.165) is 11.4 Å². The number of hydrogen-bond acceptors (Lipinski definition) is 2. The summed E-state index contributed by atoms with van der Waals surface area (Å²) in [7, 11) is 0. The van der Waals surface area contributed by atoms with Gasteiger partial charge < -0.3 is 4.90 Å². The van der Waals surface area contributed by atoms with Gasteiger partial charge in [-0.05, 0) is 43.5 Å². The van der Waals surface area contributed by atoms with Gasteiger partial charge in [0, 0.05) is 41.2 Å². The highest BCUT2D eigenvalue weighted by Crippen LogP contribution is 2.30. The van der Waals surface area contributed by atoms with Crippen molar-refractivity contribution in [2.45, 2.75) is 30.6 Å². The Hall–Kier alpha value is -0.0600. The van der Waals surface area contributed by atoms with Crippen LogP contribution in [0.5, 0.6) is 0 Å². The van der Waals surface area contributed by atoms with Crippen LogP contribution in [0.4, 0.5) is 5.69 Å². The standard InChI is InChI=1S/C15H20Br2N2/c16-10-12-4-5-13(17)9-15(12)19-8-2-7-18-6-1-3-14(18)11-19/h4-5,9,14H,1-3,6-8,10-11H2. The smallest absolute Gasteiger partial charge is 0.0419 e. The lowest BCUT2D eigenvalue weighted by atomic mass is 10.1. The fraction of sp³-hybridized carbons (Fsp3) is 0.600. The molecule has 2 aliphatic heterocycles. The zero-order chi connectivity index (χ0) is 13.2. The Bertz CT molecular complexity index is 450. The van der Waals surface area contributed by atoms with Crippen molar-refractivity contribution in [1.29, 1.82) is 0 Å². The monoisotopic (exact) mass is 386 g/mol. The molecule has 19 heavy (non-hydrogen) atoms. The normalized spacial score (nSPS) is 24.3. The van der Waals surface area contributed by atoms with Crippen molar-refractivity contribution in [2.75, 3.05) is 31.1 Å². The Morgan fingerprint density at radius 1 is 1.16 bits per heavy atom. The minimum atomic E-state index is 0.768. The Morgan fingerprint density at radius 2 is 2.00 bits per heavy atom. The van der Waals surface area contributed by atoms with E-state index in [0.29, 0.717) is 0 Å². The Kier molecular flexibility index (Phi) is 4.50. The third-order valence-electron chi connectivity index (χ3n) is 4.34. The fourth-order valence-corrected chi connectivity index (χ4v) is 4.19. The second kappa shape index (κ2) is 6.15. The van der Waals surface area contributed by atoms with Crippen LogP contribution in [-0.2, 0) is 5.33 Å². The van der Waals surface area contributed by atoms with Crippen molar-refractivity contribution in [2.24, 2.45) is 0 Å². The number of alkyl halides is 1. The largest absolute Gasteiger partial charge is 0.370 e. The first-order chi connectivity index (χ1) is 9.28. The van der Waals surface area contributed by atoms with Gasteiger partial charge in [-0.1, -0.05) is 37.9 Å². The van der Waals surface area contributed by atoms with E-state index in [-0.39, 0.29) is 0 Å². The number of halogens is 2. The number of hydrogen-bond donors (Lipinski definition) is 0. The molecule has 4 heteroatoms. The van der Waals surface area contributed by atoms with Crippen LogP contribution >= 0.6 is 31.9 Å². The highest BCUT2D eigenvalue weighted by molar-refractivity contribution is 9.10. The summed E-state index contributed by atoms with van der Waals surface area (Å²) in [6.07, 6.45) is 4.03. The summed E-state index contributed by atoms with van der Waals surface area (Å²) in [5, 5.41) is 0.931. The molecule has 2 heterocycles. The maximum atomic E-state index is 3.62. The highest BCUT2D eigenvalue weighted by atomic mass is 79.9. The highest BCUT2D eigenvalue weighted by Gasteiger charge is 2.29. The van der Waals surface area contributed by atoms with E-state index < -0.39 is 0 Å². The molecule has 1 unspecified atom stereocenters. The molecule has 0 aromatic heterocycles. The lowest BCUT2D eigenvalue weighted by Gasteiger charge is -2.29. The van der Waals surface area contributed by atoms with Gasteiger partial charge in [0.1, 0.15) is 0 Å². The van der Waals surface area contributed by atoms with Gasteiger partial charge in [-0.2, -0.15) is 0 Å². The third-order valence-corrected chi connectivity index (χ3v) is 5.43. The van der Waals surface area contributed by atoms with Gasteiger partial charge in [0.15, 0.2) is 0 Å². The van der Waals surface area contributed by atoms with Gasteiger partial charge in [0.2, 0.25) is 0 Å². The average Bonchev–Trinajstić information content (AvgIpc) is 2.76. The molecule has 2 saturated heterocycles. The molecule has 0 amide bonds. The quantitative estimate of drug-likeness (QED) is 0.707. The van der Waals surface area contributed by atoms with Crippen LogP contribution in [0.25, 0.3) is 0 Å². The number of fused-ring (bicyclic) bond motifs is 1. The molecule has 1 aromatic carbocycles. The summed E-state index contributed by atoms with van der Waals surface area (Å²) in [5.74, 6) is 0. The molecular weight excluding hydrogens is 368 g/mol. The molecule has 0 saturated carbocycles. The molecular formula is C15H20Br2N2. The summed E-state index contributed by atoms with van der Waals surface area (Å²) in [4.78, 5) is 5.28. The van der Waals surface area contributed by atoms with Crippen LogP contribution < -0.4 is 4.90 Å². The van der Waals surface area contributed by atoms with Crippen LogP contribution in [-0.4, -0.2) is 37.1 Å². The van der Waals surface area contributed by atoms with Gasteiger partial charge in [-0.3, -0.25) is 4.90 Å². The second-order valence-electron chi connectivity index (χ2n) is 5.54. The van der Waals surface area contributed by atoms with Crippen LogP contribution in [0.15, 0.2) is 22.7 Å². The number of nitrogens with zero attached hydrogens (tertiary/aromatic N) is 2. The predicted molar refractivity (Wildman–Crippen MR) is 88.2 cm³/mol. The summed E-state index contributed by atoms with van der Waals surface area (Å²) in [5.41, 5.74) is 2.80. The summed E-state index contributed by atoms with van der Waals surface area (Å²) in [6, 6.07) is 7.41. The van der Waals surface area contributed by atoms with Crippen LogP contribution in [0.1, 0.15) is 24.8 Å². The summed E-state index contributed by atoms with van der Waals surface area (Å²) < 4.78 is 1.18. The molecule has 0 spiro atoms. The van der Waals surface area contributed by atoms with E-state index in [2.05, 4.69) is 59.9 Å². The molecule has 1 atom stereocenters. The lowest BCUT2D eigenvalue weighted by molar-refractivity contribution is 0.273. The Balaban J connectivity index is 1.86. The first-order valence-corrected chi connectivity index (χ1v) is 9.03. The van der Waals surface area contributed by atoms with Crippen LogP contribution in [0.3, 0.4) is 0 Å². The van der Waals surface area contributed by atoms with E-state index in [1.807, 2.05) is 0 Å². The van der Waals surface area contributed by atoms with E-state index in [9.17, 15) is 0 Å². The van der Waals surface area contributed by atoms with Crippen molar-refractivity contribution >= 4 is 37.5 Å². The van der Waals surface area contributed by atoms with E-state index in [1.54, 1.807) is 0 Å². The molecule has 2 nitrogen and oxygen atoms in total. The SMILES string of the molecule is BrCc1ccc(Br)cc1N1CCCN2CCCC2C1. The van der Waals surface area contributed by atoms with Gasteiger partial charge >= 0.3 is 0 Å². The number of benzene rings is 1. The molecule has 0 N–H and O–H groups in total. The molecule has 2 fully saturated rings. The topological polar surface area (TPSA) is 6.48 Å². The fourth-order valence-electron chi connectivity index (χ4n) is 3.37. The second-order valence-corrected chi connectivity index (χ2v) is 7.01. The maximum Gasteiger partial charge on any atom is 0.0419 e. The first kappa shape index (κ1) is 13.9. The maximum absolute atomic E-state index is 3.62. The minimum absolute atomic E-state index is 0.768. The van der Waals surface area contributed by atoms with E-state index in [4.69, 9.17) is 0 Å². The summed E-state index contributed by atoms with van der Waals surface area (Å²) >= 11 is 7.24. The average molecular weight is 388 g/mol. The zero-order valence-corrected chi connectivity index (χ0v) is 14.3. The number of rotatable bonds is 2. The molecule has 0 bridgehead atoms. The van der Waals surface area contributed by atoms with Crippen molar-refractivity contribution in [3.05, 3.63) is 28.2 Å². The van der Waals surface area contributed by atoms with Crippen molar-refractivity contribution in [3.8, 4) is 0 Å². The van der Waals surface area contributed by atoms with Crippen LogP contribution in [0, 0.1) is 0 Å². The Morgan fingerprint density at radius 3 is 2.84 bits per heavy atom. The third kappa shape index (κ3) is 3.01. The molecule has 0 radical (unpaired) electrons. The van der Waals surface area contributed by atoms with Crippen molar-refractivity contribution < 1.29 is 0 Å². The number of anilines is 1. The van der Waals surface area contributed by atoms with Gasteiger partial charge in [-0.25, -0.2) is 0 Å². The first-order valence-electron chi connectivity index (χ1n) is 7.11. The van der Waals surface area contributed by atoms with Gasteiger partial charge in [0.05, 0.1) is 0 Å². The van der Waals surface area contributed by atoms with Gasteiger partial charge in [-0.15, -0.1) is 0 Å².